The molecule has 0 atom stereocenters. The van der Waals surface area contributed by atoms with Gasteiger partial charge in [-0.3, -0.25) is 0 Å². The summed E-state index contributed by atoms with van der Waals surface area (Å²) in [5.41, 5.74) is 0. The number of hydrogen-bond donors (Lipinski definition) is 0. The maximum atomic E-state index is 6.03. The van der Waals surface area contributed by atoms with E-state index in [2.05, 4.69) is 13.8 Å². The van der Waals surface area contributed by atoms with E-state index >= 15 is 0 Å². The van der Waals surface area contributed by atoms with E-state index in [9.17, 15) is 0 Å². The van der Waals surface area contributed by atoms with Crippen molar-refractivity contribution in [2.24, 2.45) is 0 Å². The molecule has 0 saturated heterocycles. The van der Waals surface area contributed by atoms with Gasteiger partial charge >= 0.3 is 81.6 Å². The van der Waals surface area contributed by atoms with Gasteiger partial charge in [0.25, 0.3) is 0 Å². The Bertz CT molecular complexity index is 98.4. The molecule has 0 bridgehead atoms. The second kappa shape index (κ2) is 6.81. The van der Waals surface area contributed by atoms with Gasteiger partial charge in [-0.05, 0) is 0 Å². The maximum absolute atomic E-state index is 6.03. The van der Waals surface area contributed by atoms with Crippen molar-refractivity contribution in [1.82, 2.24) is 0 Å². The predicted molar refractivity (Wildman–Crippen MR) is 53.4 cm³/mol. The van der Waals surface area contributed by atoms with Crippen LogP contribution in [0, 0.1) is 0 Å². The van der Waals surface area contributed by atoms with Crippen molar-refractivity contribution in [2.45, 2.75) is 37.5 Å². The number of hydrogen-bond acceptors (Lipinski definition) is 1. The molecule has 0 aromatic carbocycles. The van der Waals surface area contributed by atoms with E-state index < -0.39 is 16.5 Å². The number of halogens is 2. The minimum atomic E-state index is -2.98. The summed E-state index contributed by atoms with van der Waals surface area (Å²) in [4.78, 5) is 0. The summed E-state index contributed by atoms with van der Waals surface area (Å²) < 4.78 is 6.36. The van der Waals surface area contributed by atoms with Crippen LogP contribution in [0.5, 0.6) is 0 Å². The van der Waals surface area contributed by atoms with Gasteiger partial charge in [0.15, 0.2) is 0 Å². The summed E-state index contributed by atoms with van der Waals surface area (Å²) in [6.07, 6.45) is 3.25. The molecule has 0 saturated carbocycles. The second-order valence-electron chi connectivity index (χ2n) is 2.59. The molecule has 0 N–H and O–H groups in total. The van der Waals surface area contributed by atoms with Crippen LogP contribution in [-0.4, -0.2) is 23.1 Å². The summed E-state index contributed by atoms with van der Waals surface area (Å²) >= 11 is -2.98. The summed E-state index contributed by atoms with van der Waals surface area (Å²) in [6, 6.07) is 0. The number of rotatable bonds is 6. The van der Waals surface area contributed by atoms with E-state index in [0.29, 0.717) is 0 Å². The van der Waals surface area contributed by atoms with Crippen LogP contribution >= 0.6 is 17.8 Å². The molecule has 0 aliphatic carbocycles. The topological polar surface area (TPSA) is 9.23 Å². The third-order valence-corrected chi connectivity index (χ3v) is 10.2. The molecule has 0 spiro atoms. The molecule has 0 unspecified atom stereocenters. The van der Waals surface area contributed by atoms with Crippen molar-refractivity contribution in [1.29, 1.82) is 0 Å². The molecular weight excluding hydrogens is 290 g/mol. The molecule has 0 radical (unpaired) electrons. The first kappa shape index (κ1) is 12.3. The molecule has 0 rings (SSSR count). The van der Waals surface area contributed by atoms with Crippen LogP contribution in [0.3, 0.4) is 0 Å². The summed E-state index contributed by atoms with van der Waals surface area (Å²) in [5, 5.41) is 0. The summed E-state index contributed by atoms with van der Waals surface area (Å²) in [5.74, 6) is 0. The zero-order chi connectivity index (χ0) is 8.74. The standard InChI is InChI=1S/C4H9O.C3H7.2ClH.Sn/c1-2-3-4-5;1-3-2;;;/h2-4H2,1H3;1,3H2,2H3;2*1H;/q-1;;;;+3/p-2. The van der Waals surface area contributed by atoms with Crippen LogP contribution in [0.1, 0.15) is 33.1 Å². The second-order valence-corrected chi connectivity index (χ2v) is 18.0. The Kier molecular flexibility index (Phi) is 7.64. The minimum absolute atomic E-state index is 0.750. The van der Waals surface area contributed by atoms with E-state index in [1.54, 1.807) is 0 Å². The Labute approximate surface area is 81.3 Å². The van der Waals surface area contributed by atoms with Crippen molar-refractivity contribution in [3.05, 3.63) is 0 Å². The van der Waals surface area contributed by atoms with Gasteiger partial charge < -0.3 is 0 Å². The SMILES string of the molecule is CCCC[O][Sn]([Cl])([Cl])[CH2]CC. The molecule has 0 heterocycles. The van der Waals surface area contributed by atoms with Gasteiger partial charge in [0.1, 0.15) is 0 Å². The zero-order valence-electron chi connectivity index (χ0n) is 7.20. The Morgan fingerprint density at radius 1 is 1.18 bits per heavy atom. The van der Waals surface area contributed by atoms with Crippen LogP contribution in [0.4, 0.5) is 0 Å². The fourth-order valence-electron chi connectivity index (χ4n) is 0.729. The van der Waals surface area contributed by atoms with E-state index in [0.717, 1.165) is 30.3 Å². The monoisotopic (exact) mass is 306 g/mol. The van der Waals surface area contributed by atoms with Crippen molar-refractivity contribution in [3.63, 3.8) is 0 Å². The van der Waals surface area contributed by atoms with Gasteiger partial charge in [-0.25, -0.2) is 0 Å². The molecule has 11 heavy (non-hydrogen) atoms. The molecule has 68 valence electrons. The van der Waals surface area contributed by atoms with E-state index in [4.69, 9.17) is 20.9 Å². The van der Waals surface area contributed by atoms with Crippen molar-refractivity contribution < 1.29 is 3.07 Å². The van der Waals surface area contributed by atoms with Gasteiger partial charge in [0, 0.05) is 0 Å². The molecule has 0 aromatic rings. The fourth-order valence-corrected chi connectivity index (χ4v) is 7.64. The van der Waals surface area contributed by atoms with Crippen molar-refractivity contribution in [3.8, 4) is 0 Å². The molecule has 1 nitrogen and oxygen atoms in total. The molecular formula is C7H16Cl2OSn. The first-order valence-electron chi connectivity index (χ1n) is 4.14. The summed E-state index contributed by atoms with van der Waals surface area (Å²) in [6.45, 7) is 4.96. The molecule has 0 aromatic heterocycles. The average Bonchev–Trinajstić information content (AvgIpc) is 1.87. The van der Waals surface area contributed by atoms with Crippen LogP contribution in [0.15, 0.2) is 0 Å². The fraction of sp³-hybridized carbons (Fsp3) is 1.00. The molecule has 0 fully saturated rings. The van der Waals surface area contributed by atoms with Crippen LogP contribution in [0.2, 0.25) is 4.44 Å². The third-order valence-electron chi connectivity index (χ3n) is 1.35. The Balaban J connectivity index is 3.38. The van der Waals surface area contributed by atoms with Crippen LogP contribution in [-0.2, 0) is 3.07 Å². The number of unbranched alkanes of at least 4 members (excludes halogenated alkanes) is 1. The van der Waals surface area contributed by atoms with Crippen molar-refractivity contribution in [2.75, 3.05) is 6.61 Å². The molecule has 4 heteroatoms. The van der Waals surface area contributed by atoms with Gasteiger partial charge in [0.05, 0.1) is 0 Å². The molecule has 0 aliphatic heterocycles. The normalized spacial score (nSPS) is 12.0. The van der Waals surface area contributed by atoms with Crippen LogP contribution in [0.25, 0.3) is 0 Å². The Hall–Kier alpha value is 1.34. The Morgan fingerprint density at radius 3 is 2.27 bits per heavy atom. The first-order chi connectivity index (χ1) is 5.12. The van der Waals surface area contributed by atoms with Crippen molar-refractivity contribution >= 4 is 34.4 Å². The summed E-state index contributed by atoms with van der Waals surface area (Å²) in [7, 11) is 12.1. The van der Waals surface area contributed by atoms with E-state index in [1.165, 1.54) is 0 Å². The third kappa shape index (κ3) is 7.69. The van der Waals surface area contributed by atoms with Gasteiger partial charge in [-0.2, -0.15) is 0 Å². The first-order valence-corrected chi connectivity index (χ1v) is 14.6. The van der Waals surface area contributed by atoms with E-state index in [1.807, 2.05) is 0 Å². The van der Waals surface area contributed by atoms with Gasteiger partial charge in [-0.15, -0.1) is 0 Å². The van der Waals surface area contributed by atoms with Gasteiger partial charge in [0.2, 0.25) is 0 Å². The quantitative estimate of drug-likeness (QED) is 0.538. The average molecular weight is 306 g/mol. The van der Waals surface area contributed by atoms with Crippen LogP contribution < -0.4 is 0 Å². The predicted octanol–water partition coefficient (Wildman–Crippen LogP) is 3.63. The van der Waals surface area contributed by atoms with Gasteiger partial charge in [-0.1, -0.05) is 0 Å². The molecule has 0 aliphatic rings. The zero-order valence-corrected chi connectivity index (χ0v) is 11.6. The molecule has 0 amide bonds. The van der Waals surface area contributed by atoms with E-state index in [-0.39, 0.29) is 0 Å². The Morgan fingerprint density at radius 2 is 1.82 bits per heavy atom.